The highest BCUT2D eigenvalue weighted by Crippen LogP contribution is 2.33. The van der Waals surface area contributed by atoms with E-state index in [2.05, 4.69) is 25.3 Å². The van der Waals surface area contributed by atoms with Gasteiger partial charge in [0.15, 0.2) is 0 Å². The van der Waals surface area contributed by atoms with Crippen molar-refractivity contribution in [2.75, 3.05) is 0 Å². The van der Waals surface area contributed by atoms with Crippen LogP contribution in [0.3, 0.4) is 0 Å². The standard InChI is InChI=1S/C12H15FN2S/c1-7(2)12(15-14)11-5-8-3-4-9(13)6-10(8)16-11/h3-7,12,15H,14H2,1-2H3. The monoisotopic (exact) mass is 238 g/mol. The van der Waals surface area contributed by atoms with Gasteiger partial charge in [-0.2, -0.15) is 0 Å². The molecule has 2 aromatic rings. The Kier molecular flexibility index (Phi) is 3.23. The van der Waals surface area contributed by atoms with Gasteiger partial charge in [0.1, 0.15) is 5.82 Å². The number of hydrogen-bond donors (Lipinski definition) is 2. The maximum Gasteiger partial charge on any atom is 0.124 e. The molecule has 1 unspecified atom stereocenters. The Bertz CT molecular complexity index is 493. The summed E-state index contributed by atoms with van der Waals surface area (Å²) < 4.78 is 14.0. The minimum atomic E-state index is -0.192. The number of benzene rings is 1. The topological polar surface area (TPSA) is 38.0 Å². The van der Waals surface area contributed by atoms with E-state index in [-0.39, 0.29) is 11.9 Å². The maximum atomic E-state index is 13.1. The van der Waals surface area contributed by atoms with Gasteiger partial charge in [0.2, 0.25) is 0 Å². The molecular weight excluding hydrogens is 223 g/mol. The van der Waals surface area contributed by atoms with Gasteiger partial charge in [-0.15, -0.1) is 11.3 Å². The molecule has 16 heavy (non-hydrogen) atoms. The van der Waals surface area contributed by atoms with E-state index >= 15 is 0 Å². The van der Waals surface area contributed by atoms with Gasteiger partial charge in [-0.05, 0) is 29.5 Å². The molecule has 86 valence electrons. The molecule has 0 fully saturated rings. The van der Waals surface area contributed by atoms with E-state index in [0.717, 1.165) is 15.0 Å². The van der Waals surface area contributed by atoms with Gasteiger partial charge >= 0.3 is 0 Å². The highest BCUT2D eigenvalue weighted by Gasteiger charge is 2.16. The van der Waals surface area contributed by atoms with Crippen molar-refractivity contribution in [2.24, 2.45) is 11.8 Å². The van der Waals surface area contributed by atoms with Crippen LogP contribution in [-0.2, 0) is 0 Å². The first-order valence-corrected chi connectivity index (χ1v) is 6.08. The van der Waals surface area contributed by atoms with Crippen LogP contribution >= 0.6 is 11.3 Å². The van der Waals surface area contributed by atoms with E-state index in [1.807, 2.05) is 0 Å². The number of nitrogens with two attached hydrogens (primary N) is 1. The molecule has 0 bridgehead atoms. The summed E-state index contributed by atoms with van der Waals surface area (Å²) in [5, 5.41) is 1.07. The van der Waals surface area contributed by atoms with Crippen LogP contribution in [0.15, 0.2) is 24.3 Å². The lowest BCUT2D eigenvalue weighted by atomic mass is 10.0. The van der Waals surface area contributed by atoms with Gasteiger partial charge in [0.25, 0.3) is 0 Å². The molecule has 0 spiro atoms. The summed E-state index contributed by atoms with van der Waals surface area (Å²) in [7, 11) is 0. The minimum absolute atomic E-state index is 0.125. The van der Waals surface area contributed by atoms with Crippen LogP contribution in [0.1, 0.15) is 24.8 Å². The van der Waals surface area contributed by atoms with Crippen molar-refractivity contribution in [3.05, 3.63) is 35.0 Å². The van der Waals surface area contributed by atoms with Crippen molar-refractivity contribution >= 4 is 21.4 Å². The van der Waals surface area contributed by atoms with Crippen LogP contribution in [0.4, 0.5) is 4.39 Å². The predicted molar refractivity (Wildman–Crippen MR) is 66.7 cm³/mol. The summed E-state index contributed by atoms with van der Waals surface area (Å²) in [6.07, 6.45) is 0. The third-order valence-electron chi connectivity index (χ3n) is 2.65. The van der Waals surface area contributed by atoms with Crippen LogP contribution in [-0.4, -0.2) is 0 Å². The zero-order valence-corrected chi connectivity index (χ0v) is 10.1. The molecule has 2 nitrogen and oxygen atoms in total. The molecule has 4 heteroatoms. The van der Waals surface area contributed by atoms with E-state index in [1.165, 1.54) is 6.07 Å². The third-order valence-corrected chi connectivity index (χ3v) is 3.83. The lowest BCUT2D eigenvalue weighted by molar-refractivity contribution is 0.427. The molecule has 1 aromatic heterocycles. The van der Waals surface area contributed by atoms with E-state index in [4.69, 9.17) is 5.84 Å². The number of hydrogen-bond acceptors (Lipinski definition) is 3. The van der Waals surface area contributed by atoms with Gasteiger partial charge < -0.3 is 0 Å². The molecular formula is C12H15FN2S. The molecule has 1 heterocycles. The van der Waals surface area contributed by atoms with Crippen molar-refractivity contribution in [3.63, 3.8) is 0 Å². The van der Waals surface area contributed by atoms with Crippen molar-refractivity contribution < 1.29 is 4.39 Å². The van der Waals surface area contributed by atoms with Crippen molar-refractivity contribution in [2.45, 2.75) is 19.9 Å². The maximum absolute atomic E-state index is 13.1. The number of fused-ring (bicyclic) bond motifs is 1. The first kappa shape index (κ1) is 11.5. The highest BCUT2D eigenvalue weighted by molar-refractivity contribution is 7.19. The molecule has 0 saturated carbocycles. The summed E-state index contributed by atoms with van der Waals surface area (Å²) in [6, 6.07) is 7.06. The Hall–Kier alpha value is -0.970. The summed E-state index contributed by atoms with van der Waals surface area (Å²) in [4.78, 5) is 1.15. The van der Waals surface area contributed by atoms with E-state index in [1.54, 1.807) is 23.5 Å². The Labute approximate surface area is 98.2 Å². The molecule has 0 aliphatic heterocycles. The summed E-state index contributed by atoms with van der Waals surface area (Å²) in [6.45, 7) is 4.21. The lowest BCUT2D eigenvalue weighted by Gasteiger charge is -2.17. The van der Waals surface area contributed by atoms with E-state index in [0.29, 0.717) is 5.92 Å². The molecule has 3 N–H and O–H groups in total. The average molecular weight is 238 g/mol. The molecule has 1 aromatic carbocycles. The van der Waals surface area contributed by atoms with Crippen LogP contribution in [0, 0.1) is 11.7 Å². The quantitative estimate of drug-likeness (QED) is 0.636. The van der Waals surface area contributed by atoms with E-state index in [9.17, 15) is 4.39 Å². The normalized spacial score (nSPS) is 13.6. The fourth-order valence-electron chi connectivity index (χ4n) is 1.78. The van der Waals surface area contributed by atoms with Crippen LogP contribution in [0.2, 0.25) is 0 Å². The Morgan fingerprint density at radius 2 is 2.06 bits per heavy atom. The zero-order valence-electron chi connectivity index (χ0n) is 9.33. The van der Waals surface area contributed by atoms with Crippen molar-refractivity contribution in [3.8, 4) is 0 Å². The second kappa shape index (κ2) is 4.49. The van der Waals surface area contributed by atoms with Crippen LogP contribution in [0.5, 0.6) is 0 Å². The number of hydrazine groups is 1. The Balaban J connectivity index is 2.45. The second-order valence-corrected chi connectivity index (χ2v) is 5.33. The Morgan fingerprint density at radius 1 is 1.31 bits per heavy atom. The third kappa shape index (κ3) is 2.09. The first-order chi connectivity index (χ1) is 7.61. The minimum Gasteiger partial charge on any atom is -0.271 e. The van der Waals surface area contributed by atoms with Gasteiger partial charge in [-0.3, -0.25) is 11.3 Å². The van der Waals surface area contributed by atoms with Gasteiger partial charge in [-0.25, -0.2) is 4.39 Å². The summed E-state index contributed by atoms with van der Waals surface area (Å²) >= 11 is 1.59. The molecule has 0 amide bonds. The van der Waals surface area contributed by atoms with Crippen molar-refractivity contribution in [1.82, 2.24) is 5.43 Å². The molecule has 0 saturated heterocycles. The van der Waals surface area contributed by atoms with Gasteiger partial charge in [-0.1, -0.05) is 19.9 Å². The first-order valence-electron chi connectivity index (χ1n) is 5.27. The van der Waals surface area contributed by atoms with E-state index < -0.39 is 0 Å². The number of halogens is 1. The molecule has 2 rings (SSSR count). The molecule has 0 aliphatic carbocycles. The second-order valence-electron chi connectivity index (χ2n) is 4.22. The highest BCUT2D eigenvalue weighted by atomic mass is 32.1. The Morgan fingerprint density at radius 3 is 2.69 bits per heavy atom. The predicted octanol–water partition coefficient (Wildman–Crippen LogP) is 3.20. The summed E-state index contributed by atoms with van der Waals surface area (Å²) in [5.74, 6) is 5.75. The lowest BCUT2D eigenvalue weighted by Crippen LogP contribution is -2.30. The zero-order chi connectivity index (χ0) is 11.7. The number of rotatable bonds is 3. The average Bonchev–Trinajstić information content (AvgIpc) is 2.60. The molecule has 1 atom stereocenters. The smallest absolute Gasteiger partial charge is 0.124 e. The largest absolute Gasteiger partial charge is 0.271 e. The van der Waals surface area contributed by atoms with Crippen LogP contribution < -0.4 is 11.3 Å². The molecule has 0 radical (unpaired) electrons. The number of thiophene rings is 1. The fourth-order valence-corrected chi connectivity index (χ4v) is 3.11. The molecule has 0 aliphatic rings. The summed E-state index contributed by atoms with van der Waals surface area (Å²) in [5.41, 5.74) is 2.81. The van der Waals surface area contributed by atoms with Gasteiger partial charge in [0.05, 0.1) is 6.04 Å². The fraction of sp³-hybridized carbons (Fsp3) is 0.333. The SMILES string of the molecule is CC(C)C(NN)c1cc2ccc(F)cc2s1. The van der Waals surface area contributed by atoms with Crippen molar-refractivity contribution in [1.29, 1.82) is 0 Å². The van der Waals surface area contributed by atoms with Gasteiger partial charge in [0, 0.05) is 9.58 Å². The number of nitrogens with one attached hydrogen (secondary N) is 1. The van der Waals surface area contributed by atoms with Crippen LogP contribution in [0.25, 0.3) is 10.1 Å².